The summed E-state index contributed by atoms with van der Waals surface area (Å²) in [5, 5.41) is 3.60. The van der Waals surface area contributed by atoms with Gasteiger partial charge in [-0.25, -0.2) is 0 Å². The molecule has 82 valence electrons. The normalized spacial score (nSPS) is 24.2. The lowest BCUT2D eigenvalue weighted by atomic mass is 10.1. The van der Waals surface area contributed by atoms with Gasteiger partial charge in [0.25, 0.3) is 0 Å². The van der Waals surface area contributed by atoms with Crippen molar-refractivity contribution in [2.75, 3.05) is 26.7 Å². The van der Waals surface area contributed by atoms with Gasteiger partial charge < -0.3 is 10.2 Å². The Kier molecular flexibility index (Phi) is 3.45. The lowest BCUT2D eigenvalue weighted by Crippen LogP contribution is -2.32. The Bertz CT molecular complexity index is 173. The van der Waals surface area contributed by atoms with Crippen molar-refractivity contribution < 1.29 is 0 Å². The van der Waals surface area contributed by atoms with Crippen LogP contribution in [0.15, 0.2) is 0 Å². The van der Waals surface area contributed by atoms with Gasteiger partial charge in [0.15, 0.2) is 0 Å². The highest BCUT2D eigenvalue weighted by molar-refractivity contribution is 4.82. The molecule has 1 N–H and O–H groups in total. The third-order valence-electron chi connectivity index (χ3n) is 3.22. The summed E-state index contributed by atoms with van der Waals surface area (Å²) in [4.78, 5) is 2.51. The van der Waals surface area contributed by atoms with Crippen molar-refractivity contribution in [3.05, 3.63) is 0 Å². The van der Waals surface area contributed by atoms with Crippen molar-refractivity contribution in [1.29, 1.82) is 0 Å². The summed E-state index contributed by atoms with van der Waals surface area (Å²) >= 11 is 0. The smallest absolute Gasteiger partial charge is 0.00683 e. The average Bonchev–Trinajstić information content (AvgIpc) is 2.95. The van der Waals surface area contributed by atoms with Gasteiger partial charge in [0, 0.05) is 19.1 Å². The van der Waals surface area contributed by atoms with Crippen LogP contribution in [0.4, 0.5) is 0 Å². The second-order valence-electron chi connectivity index (χ2n) is 5.45. The second kappa shape index (κ2) is 4.63. The quantitative estimate of drug-likeness (QED) is 0.667. The highest BCUT2D eigenvalue weighted by atomic mass is 15.1. The van der Waals surface area contributed by atoms with E-state index < -0.39 is 0 Å². The molecule has 0 aromatic rings. The van der Waals surface area contributed by atoms with Crippen LogP contribution >= 0.6 is 0 Å². The second-order valence-corrected chi connectivity index (χ2v) is 5.45. The van der Waals surface area contributed by atoms with Crippen molar-refractivity contribution in [2.45, 2.75) is 38.6 Å². The molecule has 2 rings (SSSR count). The van der Waals surface area contributed by atoms with E-state index in [0.29, 0.717) is 0 Å². The lowest BCUT2D eigenvalue weighted by molar-refractivity contribution is 0.271. The zero-order valence-electron chi connectivity index (χ0n) is 9.63. The van der Waals surface area contributed by atoms with Crippen LogP contribution in [0, 0.1) is 11.8 Å². The van der Waals surface area contributed by atoms with E-state index in [1.165, 1.54) is 45.3 Å². The predicted molar refractivity (Wildman–Crippen MR) is 60.4 cm³/mol. The van der Waals surface area contributed by atoms with Crippen molar-refractivity contribution >= 4 is 0 Å². The molecule has 2 nitrogen and oxygen atoms in total. The fraction of sp³-hybridized carbons (Fsp3) is 1.00. The maximum Gasteiger partial charge on any atom is 0.00683 e. The van der Waals surface area contributed by atoms with E-state index in [1.807, 2.05) is 0 Å². The third kappa shape index (κ3) is 3.97. The van der Waals surface area contributed by atoms with Crippen LogP contribution in [0.5, 0.6) is 0 Å². The maximum atomic E-state index is 3.60. The molecule has 2 heteroatoms. The van der Waals surface area contributed by atoms with Gasteiger partial charge in [0.05, 0.1) is 0 Å². The maximum absolute atomic E-state index is 3.60. The van der Waals surface area contributed by atoms with Crippen molar-refractivity contribution in [3.63, 3.8) is 0 Å². The van der Waals surface area contributed by atoms with Crippen molar-refractivity contribution in [1.82, 2.24) is 10.2 Å². The molecule has 0 aromatic heterocycles. The van der Waals surface area contributed by atoms with E-state index >= 15 is 0 Å². The average molecular weight is 196 g/mol. The molecule has 0 bridgehead atoms. The summed E-state index contributed by atoms with van der Waals surface area (Å²) in [6, 6.07) is 0.867. The van der Waals surface area contributed by atoms with E-state index in [1.54, 1.807) is 0 Å². The fourth-order valence-corrected chi connectivity index (χ4v) is 2.07. The summed E-state index contributed by atoms with van der Waals surface area (Å²) in [5.74, 6) is 1.84. The van der Waals surface area contributed by atoms with Crippen LogP contribution in [0.2, 0.25) is 0 Å². The number of rotatable bonds is 7. The van der Waals surface area contributed by atoms with Gasteiger partial charge in [0.2, 0.25) is 0 Å². The standard InChI is InChI=1S/C12H24N2/c1-10(7-13-12-5-6-12)8-14(2)9-11-3-4-11/h10-13H,3-9H2,1-2H3. The highest BCUT2D eigenvalue weighted by Crippen LogP contribution is 2.29. The Labute approximate surface area is 88.1 Å². The molecule has 0 aliphatic heterocycles. The topological polar surface area (TPSA) is 15.3 Å². The molecule has 0 aromatic carbocycles. The molecule has 14 heavy (non-hydrogen) atoms. The van der Waals surface area contributed by atoms with Crippen LogP contribution in [0.25, 0.3) is 0 Å². The molecule has 0 heterocycles. The number of hydrogen-bond acceptors (Lipinski definition) is 2. The number of nitrogens with one attached hydrogen (secondary N) is 1. The van der Waals surface area contributed by atoms with E-state index in [0.717, 1.165) is 17.9 Å². The van der Waals surface area contributed by atoms with E-state index in [-0.39, 0.29) is 0 Å². The molecule has 0 spiro atoms. The van der Waals surface area contributed by atoms with E-state index in [9.17, 15) is 0 Å². The van der Waals surface area contributed by atoms with Crippen LogP contribution < -0.4 is 5.32 Å². The minimum Gasteiger partial charge on any atom is -0.314 e. The first-order valence-electron chi connectivity index (χ1n) is 6.16. The molecule has 2 aliphatic rings. The SMILES string of the molecule is CC(CNC1CC1)CN(C)CC1CC1. The van der Waals surface area contributed by atoms with Gasteiger partial charge in [-0.15, -0.1) is 0 Å². The monoisotopic (exact) mass is 196 g/mol. The Morgan fingerprint density at radius 1 is 1.29 bits per heavy atom. The first kappa shape index (κ1) is 10.4. The van der Waals surface area contributed by atoms with Crippen molar-refractivity contribution in [3.8, 4) is 0 Å². The minimum atomic E-state index is 0.805. The van der Waals surface area contributed by atoms with Crippen molar-refractivity contribution in [2.24, 2.45) is 11.8 Å². The van der Waals surface area contributed by atoms with E-state index in [4.69, 9.17) is 0 Å². The zero-order valence-corrected chi connectivity index (χ0v) is 9.63. The van der Waals surface area contributed by atoms with Crippen LogP contribution in [0.3, 0.4) is 0 Å². The van der Waals surface area contributed by atoms with Crippen LogP contribution in [-0.2, 0) is 0 Å². The minimum absolute atomic E-state index is 0.805. The largest absolute Gasteiger partial charge is 0.314 e. The molecule has 0 amide bonds. The molecular formula is C12H24N2. The van der Waals surface area contributed by atoms with Gasteiger partial charge >= 0.3 is 0 Å². The molecule has 1 unspecified atom stereocenters. The third-order valence-corrected chi connectivity index (χ3v) is 3.22. The summed E-state index contributed by atoms with van der Waals surface area (Å²) in [5.41, 5.74) is 0. The molecule has 1 atom stereocenters. The highest BCUT2D eigenvalue weighted by Gasteiger charge is 2.24. The van der Waals surface area contributed by atoms with Gasteiger partial charge in [0.1, 0.15) is 0 Å². The molecule has 2 aliphatic carbocycles. The summed E-state index contributed by atoms with van der Waals surface area (Å²) in [6.45, 7) is 6.16. The molecule has 0 radical (unpaired) electrons. The molecule has 2 fully saturated rings. The van der Waals surface area contributed by atoms with E-state index in [2.05, 4.69) is 24.2 Å². The molecule has 2 saturated carbocycles. The fourth-order valence-electron chi connectivity index (χ4n) is 2.07. The van der Waals surface area contributed by atoms with Gasteiger partial charge in [-0.05, 0) is 51.1 Å². The lowest BCUT2D eigenvalue weighted by Gasteiger charge is -2.21. The Morgan fingerprint density at radius 2 is 2.00 bits per heavy atom. The van der Waals surface area contributed by atoms with Gasteiger partial charge in [-0.1, -0.05) is 6.92 Å². The van der Waals surface area contributed by atoms with Gasteiger partial charge in [-0.3, -0.25) is 0 Å². The number of hydrogen-bond donors (Lipinski definition) is 1. The van der Waals surface area contributed by atoms with Gasteiger partial charge in [-0.2, -0.15) is 0 Å². The number of nitrogens with zero attached hydrogens (tertiary/aromatic N) is 1. The molecule has 0 saturated heterocycles. The first-order valence-corrected chi connectivity index (χ1v) is 6.16. The Hall–Kier alpha value is -0.0800. The predicted octanol–water partition coefficient (Wildman–Crippen LogP) is 1.72. The summed E-state index contributed by atoms with van der Waals surface area (Å²) in [7, 11) is 2.27. The zero-order chi connectivity index (χ0) is 9.97. The summed E-state index contributed by atoms with van der Waals surface area (Å²) < 4.78 is 0. The first-order chi connectivity index (χ1) is 6.74. The van der Waals surface area contributed by atoms with Crippen LogP contribution in [-0.4, -0.2) is 37.6 Å². The Morgan fingerprint density at radius 3 is 2.57 bits per heavy atom. The Balaban J connectivity index is 1.52. The van der Waals surface area contributed by atoms with Crippen LogP contribution in [0.1, 0.15) is 32.6 Å². The molecular weight excluding hydrogens is 172 g/mol. The summed E-state index contributed by atoms with van der Waals surface area (Å²) in [6.07, 6.45) is 5.76.